The normalized spacial score (nSPS) is 24.2. The van der Waals surface area contributed by atoms with E-state index in [0.717, 1.165) is 5.69 Å². The summed E-state index contributed by atoms with van der Waals surface area (Å²) in [7, 11) is 0. The molecule has 18 heavy (non-hydrogen) atoms. The summed E-state index contributed by atoms with van der Waals surface area (Å²) in [4.78, 5) is 23.3. The summed E-state index contributed by atoms with van der Waals surface area (Å²) >= 11 is 0. The fourth-order valence-corrected chi connectivity index (χ4v) is 2.25. The molecule has 1 N–H and O–H groups in total. The third-order valence-electron chi connectivity index (χ3n) is 3.27. The first-order chi connectivity index (χ1) is 8.49. The quantitative estimate of drug-likeness (QED) is 0.815. The monoisotopic (exact) mass is 250 g/mol. The van der Waals surface area contributed by atoms with Gasteiger partial charge in [0.15, 0.2) is 0 Å². The van der Waals surface area contributed by atoms with Gasteiger partial charge in [-0.05, 0) is 26.8 Å². The molecule has 0 aliphatic carbocycles. The average Bonchev–Trinajstić information content (AvgIpc) is 2.31. The third-order valence-corrected chi connectivity index (χ3v) is 3.27. The predicted octanol–water partition coefficient (Wildman–Crippen LogP) is 1.36. The lowest BCUT2D eigenvalue weighted by atomic mass is 10.1. The van der Waals surface area contributed by atoms with Crippen molar-refractivity contribution in [3.8, 4) is 0 Å². The van der Waals surface area contributed by atoms with E-state index in [2.05, 4.69) is 14.9 Å². The van der Waals surface area contributed by atoms with Crippen LogP contribution in [0.15, 0.2) is 12.3 Å². The number of amides is 1. The molecule has 1 amide bonds. The Hall–Kier alpha value is -1.85. The molecule has 0 radical (unpaired) electrons. The number of hydrogen-bond acceptors (Lipinski definition) is 4. The van der Waals surface area contributed by atoms with E-state index < -0.39 is 6.09 Å². The van der Waals surface area contributed by atoms with Crippen molar-refractivity contribution in [3.05, 3.63) is 18.0 Å². The zero-order valence-corrected chi connectivity index (χ0v) is 10.9. The summed E-state index contributed by atoms with van der Waals surface area (Å²) in [6.07, 6.45) is 0.873. The Balaban J connectivity index is 2.19. The predicted molar refractivity (Wildman–Crippen MR) is 67.8 cm³/mol. The van der Waals surface area contributed by atoms with Crippen LogP contribution in [0.5, 0.6) is 0 Å². The van der Waals surface area contributed by atoms with Crippen LogP contribution in [0.3, 0.4) is 0 Å². The highest BCUT2D eigenvalue weighted by atomic mass is 16.4. The fourth-order valence-electron chi connectivity index (χ4n) is 2.25. The number of rotatable bonds is 1. The molecule has 0 spiro atoms. The maximum atomic E-state index is 11.1. The molecule has 2 rings (SSSR count). The first-order valence-corrected chi connectivity index (χ1v) is 6.05. The van der Waals surface area contributed by atoms with Gasteiger partial charge in [0.05, 0.1) is 0 Å². The summed E-state index contributed by atoms with van der Waals surface area (Å²) in [6, 6.07) is 1.88. The van der Waals surface area contributed by atoms with E-state index in [1.807, 2.05) is 26.8 Å². The number of piperazine rings is 1. The van der Waals surface area contributed by atoms with Crippen LogP contribution >= 0.6 is 0 Å². The highest BCUT2D eigenvalue weighted by molar-refractivity contribution is 5.66. The molecule has 1 aliphatic heterocycles. The number of carboxylic acid groups (broad SMARTS) is 1. The zero-order valence-electron chi connectivity index (χ0n) is 10.9. The molecule has 0 bridgehead atoms. The summed E-state index contributed by atoms with van der Waals surface area (Å²) < 4.78 is 0. The van der Waals surface area contributed by atoms with Gasteiger partial charge >= 0.3 is 6.09 Å². The molecule has 2 atom stereocenters. The number of anilines is 1. The van der Waals surface area contributed by atoms with Crippen LogP contribution in [0.25, 0.3) is 0 Å². The van der Waals surface area contributed by atoms with E-state index in [0.29, 0.717) is 19.0 Å². The molecule has 2 heterocycles. The molecule has 0 saturated carbocycles. The molecule has 98 valence electrons. The van der Waals surface area contributed by atoms with Gasteiger partial charge in [-0.2, -0.15) is 0 Å². The van der Waals surface area contributed by atoms with Crippen LogP contribution in [0.1, 0.15) is 19.5 Å². The Morgan fingerprint density at radius 3 is 2.72 bits per heavy atom. The number of aromatic nitrogens is 2. The van der Waals surface area contributed by atoms with E-state index in [4.69, 9.17) is 5.11 Å². The largest absolute Gasteiger partial charge is 0.465 e. The van der Waals surface area contributed by atoms with Crippen molar-refractivity contribution in [1.82, 2.24) is 14.9 Å². The first-order valence-electron chi connectivity index (χ1n) is 6.05. The van der Waals surface area contributed by atoms with Crippen LogP contribution in [0.4, 0.5) is 10.7 Å². The SMILES string of the molecule is Cc1ccnc(N2C[C@@H](C)N(C(=O)O)C[C@H]2C)n1. The van der Waals surface area contributed by atoms with Crippen molar-refractivity contribution in [2.24, 2.45) is 0 Å². The molecular formula is C12H18N4O2. The number of nitrogens with zero attached hydrogens (tertiary/aromatic N) is 4. The zero-order chi connectivity index (χ0) is 13.3. The second-order valence-corrected chi connectivity index (χ2v) is 4.78. The molecule has 1 fully saturated rings. The lowest BCUT2D eigenvalue weighted by molar-refractivity contribution is 0.114. The van der Waals surface area contributed by atoms with Gasteiger partial charge in [0.1, 0.15) is 0 Å². The van der Waals surface area contributed by atoms with Gasteiger partial charge in [0, 0.05) is 37.1 Å². The number of aryl methyl sites for hydroxylation is 1. The Morgan fingerprint density at radius 1 is 1.39 bits per heavy atom. The van der Waals surface area contributed by atoms with Gasteiger partial charge in [-0.15, -0.1) is 0 Å². The van der Waals surface area contributed by atoms with E-state index in [1.54, 1.807) is 6.20 Å². The van der Waals surface area contributed by atoms with Gasteiger partial charge in [-0.3, -0.25) is 0 Å². The maximum absolute atomic E-state index is 11.1. The minimum absolute atomic E-state index is 0.0530. The van der Waals surface area contributed by atoms with Gasteiger partial charge in [-0.1, -0.05) is 0 Å². The molecule has 0 aromatic carbocycles. The van der Waals surface area contributed by atoms with Crippen LogP contribution in [-0.2, 0) is 0 Å². The summed E-state index contributed by atoms with van der Waals surface area (Å²) in [6.45, 7) is 6.92. The number of hydrogen-bond donors (Lipinski definition) is 1. The summed E-state index contributed by atoms with van der Waals surface area (Å²) in [5, 5.41) is 9.10. The molecule has 0 unspecified atom stereocenters. The molecule has 1 aromatic rings. The van der Waals surface area contributed by atoms with Crippen LogP contribution in [-0.4, -0.2) is 51.2 Å². The van der Waals surface area contributed by atoms with Gasteiger partial charge in [0.25, 0.3) is 0 Å². The smallest absolute Gasteiger partial charge is 0.407 e. The van der Waals surface area contributed by atoms with Crippen molar-refractivity contribution in [3.63, 3.8) is 0 Å². The van der Waals surface area contributed by atoms with Crippen molar-refractivity contribution in [2.75, 3.05) is 18.0 Å². The Bertz CT molecular complexity index is 451. The lowest BCUT2D eigenvalue weighted by Crippen LogP contribution is -2.58. The molecule has 1 saturated heterocycles. The van der Waals surface area contributed by atoms with E-state index in [1.165, 1.54) is 4.90 Å². The standard InChI is InChI=1S/C12H18N4O2/c1-8-4-5-13-11(14-8)15-6-10(3)16(12(17)18)7-9(15)2/h4-5,9-10H,6-7H2,1-3H3,(H,17,18)/t9-,10-/m1/s1. The van der Waals surface area contributed by atoms with Crippen molar-refractivity contribution >= 4 is 12.0 Å². The molecule has 6 nitrogen and oxygen atoms in total. The van der Waals surface area contributed by atoms with E-state index in [-0.39, 0.29) is 12.1 Å². The molecule has 1 aromatic heterocycles. The van der Waals surface area contributed by atoms with Gasteiger partial charge in [-0.25, -0.2) is 14.8 Å². The second-order valence-electron chi connectivity index (χ2n) is 4.78. The molecular weight excluding hydrogens is 232 g/mol. The van der Waals surface area contributed by atoms with Crippen molar-refractivity contribution in [1.29, 1.82) is 0 Å². The summed E-state index contributed by atoms with van der Waals surface area (Å²) in [5.41, 5.74) is 0.917. The van der Waals surface area contributed by atoms with Crippen LogP contribution in [0, 0.1) is 6.92 Å². The van der Waals surface area contributed by atoms with Crippen molar-refractivity contribution in [2.45, 2.75) is 32.9 Å². The topological polar surface area (TPSA) is 69.6 Å². The Labute approximate surface area is 106 Å². The minimum atomic E-state index is -0.862. The minimum Gasteiger partial charge on any atom is -0.465 e. The van der Waals surface area contributed by atoms with Crippen molar-refractivity contribution < 1.29 is 9.90 Å². The third kappa shape index (κ3) is 2.37. The van der Waals surface area contributed by atoms with Gasteiger partial charge < -0.3 is 14.9 Å². The van der Waals surface area contributed by atoms with Gasteiger partial charge in [0.2, 0.25) is 5.95 Å². The highest BCUT2D eigenvalue weighted by Gasteiger charge is 2.32. The summed E-state index contributed by atoms with van der Waals surface area (Å²) in [5.74, 6) is 0.680. The molecule has 1 aliphatic rings. The lowest BCUT2D eigenvalue weighted by Gasteiger charge is -2.42. The maximum Gasteiger partial charge on any atom is 0.407 e. The number of carbonyl (C=O) groups is 1. The second kappa shape index (κ2) is 4.80. The molecule has 6 heteroatoms. The average molecular weight is 250 g/mol. The first kappa shape index (κ1) is 12.6. The Morgan fingerprint density at radius 2 is 2.11 bits per heavy atom. The van der Waals surface area contributed by atoms with Crippen LogP contribution in [0.2, 0.25) is 0 Å². The fraction of sp³-hybridized carbons (Fsp3) is 0.583. The Kier molecular flexibility index (Phi) is 3.36. The highest BCUT2D eigenvalue weighted by Crippen LogP contribution is 2.20. The van der Waals surface area contributed by atoms with E-state index >= 15 is 0 Å². The van der Waals surface area contributed by atoms with E-state index in [9.17, 15) is 4.79 Å². The van der Waals surface area contributed by atoms with Crippen LogP contribution < -0.4 is 4.90 Å².